The van der Waals surface area contributed by atoms with E-state index in [4.69, 9.17) is 0 Å². The first kappa shape index (κ1) is 39.7. The summed E-state index contributed by atoms with van der Waals surface area (Å²) in [4.78, 5) is 5.06. The fourth-order valence-corrected chi connectivity index (χ4v) is 12.1. The fraction of sp³-hybridized carbons (Fsp3) is 0. The lowest BCUT2D eigenvalue weighted by Gasteiger charge is -2.44. The van der Waals surface area contributed by atoms with Crippen LogP contribution in [0.4, 0.5) is 34.1 Å². The second-order valence-corrected chi connectivity index (χ2v) is 18.9. The molecule has 0 amide bonds. The van der Waals surface area contributed by atoms with E-state index in [9.17, 15) is 0 Å². The first-order valence-corrected chi connectivity index (χ1v) is 24.5. The van der Waals surface area contributed by atoms with Crippen molar-refractivity contribution in [2.45, 2.75) is 0 Å². The quantitative estimate of drug-likeness (QED) is 0.155. The van der Waals surface area contributed by atoms with Gasteiger partial charge >= 0.3 is 0 Å². The molecule has 0 atom stereocenters. The largest absolute Gasteiger partial charge is 0.311 e. The van der Waals surface area contributed by atoms with Gasteiger partial charge in [-0.1, -0.05) is 176 Å². The molecule has 330 valence electrons. The van der Waals surface area contributed by atoms with Gasteiger partial charge in [0.1, 0.15) is 0 Å². The lowest BCUT2D eigenvalue weighted by atomic mass is 9.33. The maximum absolute atomic E-state index is 2.53. The van der Waals surface area contributed by atoms with Crippen molar-refractivity contribution in [1.29, 1.82) is 0 Å². The van der Waals surface area contributed by atoms with Gasteiger partial charge in [-0.15, -0.1) is 0 Å². The van der Waals surface area contributed by atoms with E-state index >= 15 is 0 Å². The Hall–Kier alpha value is -9.32. The topological polar surface area (TPSA) is 16.3 Å². The molecule has 5 heteroatoms. The molecule has 4 nitrogen and oxygen atoms in total. The van der Waals surface area contributed by atoms with Crippen LogP contribution in [0, 0.1) is 0 Å². The average Bonchev–Trinajstić information content (AvgIpc) is 3.96. The van der Waals surface area contributed by atoms with Gasteiger partial charge in [-0.3, -0.25) is 0 Å². The molecule has 0 spiro atoms. The molecule has 15 rings (SSSR count). The van der Waals surface area contributed by atoms with Crippen molar-refractivity contribution in [3.05, 3.63) is 261 Å². The second-order valence-electron chi connectivity index (χ2n) is 18.9. The lowest BCUT2D eigenvalue weighted by Crippen LogP contribution is -2.61. The Kier molecular flexibility index (Phi) is 8.72. The van der Waals surface area contributed by atoms with Gasteiger partial charge in [0.2, 0.25) is 0 Å². The molecule has 0 N–H and O–H groups in total. The Morgan fingerprint density at radius 3 is 1.00 bits per heavy atom. The van der Waals surface area contributed by atoms with Gasteiger partial charge in [-0.2, -0.15) is 0 Å². The molecule has 0 bridgehead atoms. The number of benzene rings is 11. The van der Waals surface area contributed by atoms with Crippen LogP contribution in [0.3, 0.4) is 0 Å². The third-order valence-electron chi connectivity index (χ3n) is 15.1. The summed E-state index contributed by atoms with van der Waals surface area (Å²) in [6.45, 7) is -0.0623. The highest BCUT2D eigenvalue weighted by Gasteiger charge is 2.43. The van der Waals surface area contributed by atoms with Crippen molar-refractivity contribution in [1.82, 2.24) is 9.13 Å². The van der Waals surface area contributed by atoms with E-state index in [1.807, 2.05) is 0 Å². The smallest absolute Gasteiger partial charge is 0.252 e. The first-order valence-electron chi connectivity index (χ1n) is 24.5. The number of para-hydroxylation sites is 4. The second kappa shape index (κ2) is 15.6. The van der Waals surface area contributed by atoms with Crippen molar-refractivity contribution < 1.29 is 0 Å². The van der Waals surface area contributed by atoms with Gasteiger partial charge < -0.3 is 18.9 Å². The summed E-state index contributed by atoms with van der Waals surface area (Å²) in [7, 11) is 0. The molecular weight excluding hydrogens is 860 g/mol. The van der Waals surface area contributed by atoms with Gasteiger partial charge in [0.25, 0.3) is 6.71 Å². The van der Waals surface area contributed by atoms with Gasteiger partial charge in [-0.05, 0) is 124 Å². The number of fused-ring (bicyclic) bond motifs is 10. The molecule has 2 aromatic heterocycles. The van der Waals surface area contributed by atoms with Crippen LogP contribution < -0.4 is 26.2 Å². The minimum atomic E-state index is -0.0623. The fourth-order valence-electron chi connectivity index (χ4n) is 12.1. The van der Waals surface area contributed by atoms with E-state index in [2.05, 4.69) is 280 Å². The summed E-state index contributed by atoms with van der Waals surface area (Å²) in [6, 6.07) is 96.3. The van der Waals surface area contributed by atoms with Gasteiger partial charge in [-0.25, -0.2) is 0 Å². The minimum Gasteiger partial charge on any atom is -0.311 e. The number of hydrogen-bond acceptors (Lipinski definition) is 2. The molecule has 0 unspecified atom stereocenters. The van der Waals surface area contributed by atoms with Crippen LogP contribution in [0.15, 0.2) is 261 Å². The Morgan fingerprint density at radius 2 is 0.592 bits per heavy atom. The van der Waals surface area contributed by atoms with Crippen molar-refractivity contribution in [3.63, 3.8) is 0 Å². The molecule has 0 saturated heterocycles. The number of rotatable bonds is 6. The summed E-state index contributed by atoms with van der Waals surface area (Å²) in [5, 5.41) is 5.00. The van der Waals surface area contributed by atoms with E-state index < -0.39 is 0 Å². The molecule has 0 radical (unpaired) electrons. The monoisotopic (exact) mass is 902 g/mol. The van der Waals surface area contributed by atoms with Crippen LogP contribution in [0.1, 0.15) is 0 Å². The Balaban J connectivity index is 1.01. The van der Waals surface area contributed by atoms with E-state index in [1.165, 1.54) is 105 Å². The maximum atomic E-state index is 2.53. The normalized spacial score (nSPS) is 12.7. The minimum absolute atomic E-state index is 0.0623. The van der Waals surface area contributed by atoms with Crippen LogP contribution in [-0.4, -0.2) is 15.8 Å². The van der Waals surface area contributed by atoms with Gasteiger partial charge in [0, 0.05) is 67.0 Å². The van der Waals surface area contributed by atoms with E-state index in [0.717, 1.165) is 22.7 Å². The average molecular weight is 903 g/mol. The Labute approximate surface area is 412 Å². The van der Waals surface area contributed by atoms with Gasteiger partial charge in [0.15, 0.2) is 0 Å². The third-order valence-corrected chi connectivity index (χ3v) is 15.1. The summed E-state index contributed by atoms with van der Waals surface area (Å²) < 4.78 is 4.90. The highest BCUT2D eigenvalue weighted by Crippen LogP contribution is 2.47. The zero-order chi connectivity index (χ0) is 46.6. The van der Waals surface area contributed by atoms with Gasteiger partial charge in [0.05, 0.1) is 22.1 Å². The van der Waals surface area contributed by atoms with Crippen molar-refractivity contribution in [3.8, 4) is 33.6 Å². The molecule has 2 aliphatic heterocycles. The highest BCUT2D eigenvalue weighted by atomic mass is 15.2. The maximum Gasteiger partial charge on any atom is 0.252 e. The highest BCUT2D eigenvalue weighted by molar-refractivity contribution is 7.00. The van der Waals surface area contributed by atoms with E-state index in [-0.39, 0.29) is 6.71 Å². The molecule has 4 heterocycles. The predicted octanol–water partition coefficient (Wildman–Crippen LogP) is 15.3. The number of anilines is 6. The van der Waals surface area contributed by atoms with Crippen molar-refractivity contribution in [2.75, 3.05) is 9.80 Å². The van der Waals surface area contributed by atoms with E-state index in [1.54, 1.807) is 0 Å². The molecule has 0 fully saturated rings. The zero-order valence-corrected chi connectivity index (χ0v) is 38.7. The van der Waals surface area contributed by atoms with Crippen LogP contribution in [0.5, 0.6) is 0 Å². The zero-order valence-electron chi connectivity index (χ0n) is 38.7. The Morgan fingerprint density at radius 1 is 0.239 bits per heavy atom. The molecule has 2 aliphatic rings. The standard InChI is InChI=1S/C66H43BN4/c1-3-18-44(19-4-1)46-22-15-24-48(40-46)70-62-34-17-35-63-66(62)67(56-38-36-50(42-64(56)70)68-58-30-11-7-26-52(58)53-27-8-12-31-59(53)68)57-39-37-51(69-60-32-13-9-28-54(60)55-29-10-14-33-61(55)69)43-65(57)71(63)49-25-16-23-47(41-49)45-20-5-2-6-21-45/h1-43H. The predicted molar refractivity (Wildman–Crippen MR) is 300 cm³/mol. The molecule has 11 aromatic carbocycles. The van der Waals surface area contributed by atoms with Crippen molar-refractivity contribution >= 4 is 101 Å². The number of nitrogens with zero attached hydrogens (tertiary/aromatic N) is 4. The summed E-state index contributed by atoms with van der Waals surface area (Å²) >= 11 is 0. The molecule has 0 saturated carbocycles. The van der Waals surface area contributed by atoms with Crippen LogP contribution in [0.2, 0.25) is 0 Å². The van der Waals surface area contributed by atoms with Crippen LogP contribution in [-0.2, 0) is 0 Å². The Bertz CT molecular complexity index is 3890. The molecule has 13 aromatic rings. The third kappa shape index (κ3) is 6.00. The SMILES string of the molecule is c1ccc(-c2cccc(N3c4cc(-n5c6ccccc6c6ccccc65)ccc4B4c5ccc(-n6c7ccccc7c7ccccc76)cc5N(c5cccc(-c6ccccc6)c5)c5cccc3c54)c2)cc1. The number of hydrogen-bond donors (Lipinski definition) is 0. The molecular formula is C66H43BN4. The molecule has 0 aliphatic carbocycles. The lowest BCUT2D eigenvalue weighted by molar-refractivity contribution is 1.17. The summed E-state index contributed by atoms with van der Waals surface area (Å²) in [5.41, 5.74) is 22.5. The number of aromatic nitrogens is 2. The summed E-state index contributed by atoms with van der Waals surface area (Å²) in [5.74, 6) is 0. The van der Waals surface area contributed by atoms with Crippen LogP contribution >= 0.6 is 0 Å². The summed E-state index contributed by atoms with van der Waals surface area (Å²) in [6.07, 6.45) is 0. The van der Waals surface area contributed by atoms with E-state index in [0.29, 0.717) is 0 Å². The first-order chi connectivity index (χ1) is 35.2. The molecule has 71 heavy (non-hydrogen) atoms. The van der Waals surface area contributed by atoms with Crippen LogP contribution in [0.25, 0.3) is 77.2 Å². The van der Waals surface area contributed by atoms with Crippen molar-refractivity contribution in [2.24, 2.45) is 0 Å².